The third-order valence-corrected chi connectivity index (χ3v) is 3.80. The van der Waals surface area contributed by atoms with Crippen LogP contribution >= 0.6 is 24.8 Å². The van der Waals surface area contributed by atoms with Gasteiger partial charge in [-0.1, -0.05) is 12.1 Å². The standard InChI is InChI=1S/C17H27N3O3.2ClH/c1-13-16(18-8-10-22-13)17(21)19-12-14-4-6-15(7-5-14)23-11-9-20(2)3;;/h4-7,13,16,18H,8-12H2,1-3H3,(H,19,21);2*1H/t13-,16+;;/m1../s1. The van der Waals surface area contributed by atoms with Gasteiger partial charge in [-0.2, -0.15) is 0 Å². The molecular formula is C17H29Cl2N3O3. The zero-order chi connectivity index (χ0) is 16.7. The summed E-state index contributed by atoms with van der Waals surface area (Å²) in [6.07, 6.45) is -0.101. The lowest BCUT2D eigenvalue weighted by Gasteiger charge is -2.29. The zero-order valence-electron chi connectivity index (χ0n) is 15.0. The molecule has 1 aliphatic rings. The van der Waals surface area contributed by atoms with E-state index in [0.29, 0.717) is 26.3 Å². The molecule has 0 spiro atoms. The minimum atomic E-state index is -0.280. The van der Waals surface area contributed by atoms with E-state index < -0.39 is 0 Å². The molecule has 0 bridgehead atoms. The maximum absolute atomic E-state index is 12.2. The Bertz CT molecular complexity index is 500. The summed E-state index contributed by atoms with van der Waals surface area (Å²) in [5.41, 5.74) is 1.04. The highest BCUT2D eigenvalue weighted by Crippen LogP contribution is 2.12. The lowest BCUT2D eigenvalue weighted by atomic mass is 10.1. The molecule has 0 unspecified atom stereocenters. The first kappa shape index (κ1) is 23.9. The van der Waals surface area contributed by atoms with Crippen LogP contribution in [0.15, 0.2) is 24.3 Å². The fourth-order valence-electron chi connectivity index (χ4n) is 2.38. The Morgan fingerprint density at radius 2 is 2.00 bits per heavy atom. The highest BCUT2D eigenvalue weighted by atomic mass is 35.5. The molecule has 1 saturated heterocycles. The number of halogens is 2. The number of morpholine rings is 1. The monoisotopic (exact) mass is 393 g/mol. The van der Waals surface area contributed by atoms with E-state index >= 15 is 0 Å². The summed E-state index contributed by atoms with van der Waals surface area (Å²) in [4.78, 5) is 14.2. The third kappa shape index (κ3) is 8.25. The maximum Gasteiger partial charge on any atom is 0.240 e. The number of nitrogens with one attached hydrogen (secondary N) is 2. The molecule has 2 N–H and O–H groups in total. The third-order valence-electron chi connectivity index (χ3n) is 3.80. The summed E-state index contributed by atoms with van der Waals surface area (Å²) >= 11 is 0. The number of hydrogen-bond acceptors (Lipinski definition) is 5. The Labute approximate surface area is 162 Å². The molecule has 6 nitrogen and oxygen atoms in total. The molecule has 0 aromatic heterocycles. The SMILES string of the molecule is C[C@H]1OCCN[C@@H]1C(=O)NCc1ccc(OCCN(C)C)cc1.Cl.Cl. The summed E-state index contributed by atoms with van der Waals surface area (Å²) in [6.45, 7) is 5.32. The van der Waals surface area contributed by atoms with E-state index in [2.05, 4.69) is 15.5 Å². The molecule has 0 saturated carbocycles. The van der Waals surface area contributed by atoms with Crippen molar-refractivity contribution in [2.24, 2.45) is 0 Å². The quantitative estimate of drug-likeness (QED) is 0.734. The summed E-state index contributed by atoms with van der Waals surface area (Å²) < 4.78 is 11.1. The van der Waals surface area contributed by atoms with Gasteiger partial charge in [0.1, 0.15) is 18.4 Å². The smallest absolute Gasteiger partial charge is 0.240 e. The summed E-state index contributed by atoms with van der Waals surface area (Å²) in [5, 5.41) is 6.13. The fourth-order valence-corrected chi connectivity index (χ4v) is 2.38. The van der Waals surface area contributed by atoms with E-state index in [9.17, 15) is 4.79 Å². The van der Waals surface area contributed by atoms with Gasteiger partial charge in [0, 0.05) is 19.6 Å². The second kappa shape index (κ2) is 12.3. The minimum absolute atomic E-state index is 0. The fraction of sp³-hybridized carbons (Fsp3) is 0.588. The molecule has 144 valence electrons. The minimum Gasteiger partial charge on any atom is -0.492 e. The van der Waals surface area contributed by atoms with Crippen LogP contribution in [0.3, 0.4) is 0 Å². The van der Waals surface area contributed by atoms with Gasteiger partial charge in [-0.15, -0.1) is 24.8 Å². The lowest BCUT2D eigenvalue weighted by Crippen LogP contribution is -2.55. The van der Waals surface area contributed by atoms with Crippen LogP contribution in [0.1, 0.15) is 12.5 Å². The first-order valence-corrected chi connectivity index (χ1v) is 8.05. The van der Waals surface area contributed by atoms with Crippen molar-refractivity contribution < 1.29 is 14.3 Å². The number of benzene rings is 1. The highest BCUT2D eigenvalue weighted by molar-refractivity contribution is 5.85. The molecule has 2 atom stereocenters. The van der Waals surface area contributed by atoms with Gasteiger partial charge >= 0.3 is 0 Å². The molecule has 0 aliphatic carbocycles. The number of ether oxygens (including phenoxy) is 2. The van der Waals surface area contributed by atoms with Crippen molar-refractivity contribution in [1.82, 2.24) is 15.5 Å². The van der Waals surface area contributed by atoms with E-state index in [1.165, 1.54) is 0 Å². The van der Waals surface area contributed by atoms with Crippen molar-refractivity contribution in [3.05, 3.63) is 29.8 Å². The Morgan fingerprint density at radius 3 is 2.60 bits per heavy atom. The van der Waals surface area contributed by atoms with Gasteiger partial charge in [-0.25, -0.2) is 0 Å². The first-order valence-electron chi connectivity index (χ1n) is 8.05. The van der Waals surface area contributed by atoms with Crippen LogP contribution in [0.25, 0.3) is 0 Å². The van der Waals surface area contributed by atoms with E-state index in [0.717, 1.165) is 17.9 Å². The van der Waals surface area contributed by atoms with Crippen molar-refractivity contribution in [3.63, 3.8) is 0 Å². The molecule has 1 heterocycles. The van der Waals surface area contributed by atoms with Crippen LogP contribution < -0.4 is 15.4 Å². The molecular weight excluding hydrogens is 365 g/mol. The second-order valence-corrected chi connectivity index (χ2v) is 6.02. The highest BCUT2D eigenvalue weighted by Gasteiger charge is 2.27. The van der Waals surface area contributed by atoms with E-state index in [4.69, 9.17) is 9.47 Å². The number of carbonyl (C=O) groups is 1. The number of rotatable bonds is 7. The largest absolute Gasteiger partial charge is 0.492 e. The Balaban J connectivity index is 0.00000288. The average Bonchev–Trinajstić information content (AvgIpc) is 2.54. The van der Waals surface area contributed by atoms with Crippen LogP contribution in [0.4, 0.5) is 0 Å². The molecule has 1 amide bonds. The number of amides is 1. The second-order valence-electron chi connectivity index (χ2n) is 6.02. The first-order chi connectivity index (χ1) is 11.1. The van der Waals surface area contributed by atoms with Gasteiger partial charge in [-0.3, -0.25) is 4.79 Å². The number of nitrogens with zero attached hydrogens (tertiary/aromatic N) is 1. The predicted octanol–water partition coefficient (Wildman–Crippen LogP) is 1.46. The Kier molecular flexibility index (Phi) is 11.8. The van der Waals surface area contributed by atoms with Gasteiger partial charge in [0.05, 0.1) is 12.7 Å². The Morgan fingerprint density at radius 1 is 1.32 bits per heavy atom. The summed E-state index contributed by atoms with van der Waals surface area (Å²) in [5.74, 6) is 0.821. The van der Waals surface area contributed by atoms with Crippen LogP contribution in [-0.4, -0.2) is 63.4 Å². The lowest BCUT2D eigenvalue weighted by molar-refractivity contribution is -0.129. The van der Waals surface area contributed by atoms with Crippen LogP contribution in [0.2, 0.25) is 0 Å². The van der Waals surface area contributed by atoms with Gasteiger partial charge in [0.15, 0.2) is 0 Å². The molecule has 1 aromatic rings. The molecule has 0 radical (unpaired) electrons. The van der Waals surface area contributed by atoms with Crippen LogP contribution in [-0.2, 0) is 16.1 Å². The molecule has 2 rings (SSSR count). The maximum atomic E-state index is 12.2. The van der Waals surface area contributed by atoms with Gasteiger partial charge < -0.3 is 25.0 Å². The predicted molar refractivity (Wildman–Crippen MR) is 104 cm³/mol. The zero-order valence-corrected chi connectivity index (χ0v) is 16.6. The van der Waals surface area contributed by atoms with Crippen molar-refractivity contribution in [1.29, 1.82) is 0 Å². The molecule has 25 heavy (non-hydrogen) atoms. The van der Waals surface area contributed by atoms with Crippen LogP contribution in [0, 0.1) is 0 Å². The number of likely N-dealkylation sites (N-methyl/N-ethyl adjacent to an activating group) is 1. The average molecular weight is 394 g/mol. The number of hydrogen-bond donors (Lipinski definition) is 2. The molecule has 8 heteroatoms. The summed E-state index contributed by atoms with van der Waals surface area (Å²) in [6, 6.07) is 7.53. The topological polar surface area (TPSA) is 62.8 Å². The molecule has 1 fully saturated rings. The van der Waals surface area contributed by atoms with Gasteiger partial charge in [0.25, 0.3) is 0 Å². The number of carbonyl (C=O) groups excluding carboxylic acids is 1. The van der Waals surface area contributed by atoms with E-state index in [1.807, 2.05) is 45.3 Å². The van der Waals surface area contributed by atoms with Crippen molar-refractivity contribution in [2.75, 3.05) is 40.4 Å². The van der Waals surface area contributed by atoms with Crippen LogP contribution in [0.5, 0.6) is 5.75 Å². The molecule has 1 aliphatic heterocycles. The normalized spacial score (nSPS) is 19.5. The van der Waals surface area contributed by atoms with Crippen molar-refractivity contribution in [3.8, 4) is 5.75 Å². The van der Waals surface area contributed by atoms with Gasteiger partial charge in [0.2, 0.25) is 5.91 Å². The van der Waals surface area contributed by atoms with E-state index in [-0.39, 0.29) is 42.9 Å². The molecule has 1 aromatic carbocycles. The summed E-state index contributed by atoms with van der Waals surface area (Å²) in [7, 11) is 4.03. The Hall–Kier alpha value is -1.05. The van der Waals surface area contributed by atoms with E-state index in [1.54, 1.807) is 0 Å². The van der Waals surface area contributed by atoms with Crippen molar-refractivity contribution in [2.45, 2.75) is 25.6 Å². The van der Waals surface area contributed by atoms with Crippen molar-refractivity contribution >= 4 is 30.7 Å². The van der Waals surface area contributed by atoms with Gasteiger partial charge in [-0.05, 0) is 38.7 Å².